The van der Waals surface area contributed by atoms with Gasteiger partial charge in [-0.15, -0.1) is 0 Å². The summed E-state index contributed by atoms with van der Waals surface area (Å²) in [5.74, 6) is 0.0686. The van der Waals surface area contributed by atoms with Crippen molar-refractivity contribution in [1.82, 2.24) is 5.32 Å². The molecule has 66 valence electrons. The zero-order valence-corrected chi connectivity index (χ0v) is 7.07. The molecule has 0 unspecified atom stereocenters. The van der Waals surface area contributed by atoms with Crippen LogP contribution in [0.2, 0.25) is 0 Å². The molecule has 4 heteroatoms. The summed E-state index contributed by atoms with van der Waals surface area (Å²) in [6.45, 7) is 0. The minimum Gasteiger partial charge on any atom is -0.465 e. The second kappa shape index (κ2) is 4.12. The molecule has 4 nitrogen and oxygen atoms in total. The van der Waals surface area contributed by atoms with Gasteiger partial charge in [0.05, 0.1) is 6.26 Å². The smallest absolute Gasteiger partial charge is 0.261 e. The fourth-order valence-electron chi connectivity index (χ4n) is 0.799. The second-order valence-corrected chi connectivity index (χ2v) is 2.26. The van der Waals surface area contributed by atoms with Gasteiger partial charge in [0.2, 0.25) is 0 Å². The van der Waals surface area contributed by atoms with Crippen LogP contribution >= 0.6 is 0 Å². The number of rotatable bonds is 2. The Balaban J connectivity index is 2.91. The van der Waals surface area contributed by atoms with E-state index in [1.807, 2.05) is 0 Å². The highest BCUT2D eigenvalue weighted by Crippen LogP contribution is 2.06. The van der Waals surface area contributed by atoms with Crippen LogP contribution in [0.3, 0.4) is 0 Å². The lowest BCUT2D eigenvalue weighted by atomic mass is 10.2. The number of hydrogen-bond acceptors (Lipinski definition) is 3. The maximum Gasteiger partial charge on any atom is 0.261 e. The van der Waals surface area contributed by atoms with Crippen molar-refractivity contribution in [2.45, 2.75) is 0 Å². The van der Waals surface area contributed by atoms with Gasteiger partial charge >= 0.3 is 0 Å². The van der Waals surface area contributed by atoms with Crippen LogP contribution in [0.5, 0.6) is 0 Å². The normalized spacial score (nSPS) is 10.6. The van der Waals surface area contributed by atoms with E-state index in [-0.39, 0.29) is 5.57 Å². The van der Waals surface area contributed by atoms with E-state index >= 15 is 0 Å². The van der Waals surface area contributed by atoms with E-state index in [4.69, 9.17) is 9.68 Å². The van der Waals surface area contributed by atoms with Gasteiger partial charge in [0.1, 0.15) is 17.4 Å². The Morgan fingerprint density at radius 3 is 3.00 bits per heavy atom. The Kier molecular flexibility index (Phi) is 2.87. The summed E-state index contributed by atoms with van der Waals surface area (Å²) < 4.78 is 4.95. The SMILES string of the molecule is CNC(=O)/C(C#N)=C\c1ccco1. The van der Waals surface area contributed by atoms with Crippen molar-refractivity contribution < 1.29 is 9.21 Å². The summed E-state index contributed by atoms with van der Waals surface area (Å²) in [5.41, 5.74) is 0.0254. The lowest BCUT2D eigenvalue weighted by Crippen LogP contribution is -2.18. The number of nitrogens with zero attached hydrogens (tertiary/aromatic N) is 1. The van der Waals surface area contributed by atoms with Crippen molar-refractivity contribution in [2.75, 3.05) is 7.05 Å². The Bertz CT molecular complexity index is 357. The fraction of sp³-hybridized carbons (Fsp3) is 0.111. The van der Waals surface area contributed by atoms with Crippen molar-refractivity contribution in [3.8, 4) is 6.07 Å². The second-order valence-electron chi connectivity index (χ2n) is 2.26. The molecule has 1 N–H and O–H groups in total. The van der Waals surface area contributed by atoms with E-state index in [1.165, 1.54) is 19.4 Å². The molecule has 0 atom stereocenters. The summed E-state index contributed by atoms with van der Waals surface area (Å²) in [5, 5.41) is 11.0. The molecule has 1 aromatic rings. The zero-order valence-electron chi connectivity index (χ0n) is 7.07. The van der Waals surface area contributed by atoms with Crippen LogP contribution in [0.15, 0.2) is 28.4 Å². The average molecular weight is 176 g/mol. The van der Waals surface area contributed by atoms with Crippen molar-refractivity contribution >= 4 is 12.0 Å². The average Bonchev–Trinajstić information content (AvgIpc) is 2.65. The molecule has 0 bridgehead atoms. The highest BCUT2D eigenvalue weighted by molar-refractivity contribution is 6.01. The fourth-order valence-corrected chi connectivity index (χ4v) is 0.799. The van der Waals surface area contributed by atoms with Crippen molar-refractivity contribution in [1.29, 1.82) is 5.26 Å². The third-order valence-electron chi connectivity index (χ3n) is 1.42. The molecule has 0 aliphatic heterocycles. The van der Waals surface area contributed by atoms with Crippen LogP contribution in [0.25, 0.3) is 6.08 Å². The van der Waals surface area contributed by atoms with Gasteiger partial charge in [-0.1, -0.05) is 0 Å². The highest BCUT2D eigenvalue weighted by atomic mass is 16.3. The van der Waals surface area contributed by atoms with Gasteiger partial charge in [0, 0.05) is 13.1 Å². The number of likely N-dealkylation sites (N-methyl/N-ethyl adjacent to an activating group) is 1. The molecule has 1 amide bonds. The number of nitrogens with one attached hydrogen (secondary N) is 1. The molecule has 0 aliphatic carbocycles. The van der Waals surface area contributed by atoms with E-state index < -0.39 is 5.91 Å². The first-order valence-electron chi connectivity index (χ1n) is 3.65. The lowest BCUT2D eigenvalue weighted by molar-refractivity contribution is -0.116. The molecular formula is C9H8N2O2. The van der Waals surface area contributed by atoms with Crippen LogP contribution in [0, 0.1) is 11.3 Å². The van der Waals surface area contributed by atoms with Crippen molar-refractivity contribution in [3.63, 3.8) is 0 Å². The van der Waals surface area contributed by atoms with Crippen molar-refractivity contribution in [2.24, 2.45) is 0 Å². The minimum atomic E-state index is -0.418. The number of nitriles is 1. The quantitative estimate of drug-likeness (QED) is 0.538. The summed E-state index contributed by atoms with van der Waals surface area (Å²) >= 11 is 0. The van der Waals surface area contributed by atoms with E-state index in [0.717, 1.165) is 0 Å². The molecule has 0 fully saturated rings. The summed E-state index contributed by atoms with van der Waals surface area (Å²) in [4.78, 5) is 11.0. The molecule has 0 radical (unpaired) electrons. The van der Waals surface area contributed by atoms with Gasteiger partial charge < -0.3 is 9.73 Å². The number of amides is 1. The van der Waals surface area contributed by atoms with Crippen LogP contribution < -0.4 is 5.32 Å². The van der Waals surface area contributed by atoms with Crippen molar-refractivity contribution in [3.05, 3.63) is 29.7 Å². The third kappa shape index (κ3) is 2.20. The largest absolute Gasteiger partial charge is 0.465 e. The molecule has 13 heavy (non-hydrogen) atoms. The topological polar surface area (TPSA) is 66.0 Å². The van der Waals surface area contributed by atoms with E-state index in [9.17, 15) is 4.79 Å². The number of carbonyl (C=O) groups is 1. The van der Waals surface area contributed by atoms with Gasteiger partial charge in [-0.25, -0.2) is 0 Å². The van der Waals surface area contributed by atoms with Crippen LogP contribution in [0.4, 0.5) is 0 Å². The van der Waals surface area contributed by atoms with Gasteiger partial charge in [0.25, 0.3) is 5.91 Å². The van der Waals surface area contributed by atoms with Gasteiger partial charge in [-0.05, 0) is 12.1 Å². The first-order chi connectivity index (χ1) is 6.27. The maximum atomic E-state index is 11.0. The summed E-state index contributed by atoms with van der Waals surface area (Å²) in [7, 11) is 1.47. The third-order valence-corrected chi connectivity index (χ3v) is 1.42. The molecular weight excluding hydrogens is 168 g/mol. The standard InChI is InChI=1S/C9H8N2O2/c1-11-9(12)7(6-10)5-8-3-2-4-13-8/h2-5H,1H3,(H,11,12)/b7-5-. The molecule has 0 aliphatic rings. The molecule has 1 aromatic heterocycles. The van der Waals surface area contributed by atoms with Crippen LogP contribution in [0.1, 0.15) is 5.76 Å². The Hall–Kier alpha value is -2.02. The van der Waals surface area contributed by atoms with E-state index in [1.54, 1.807) is 18.2 Å². The number of furan rings is 1. The van der Waals surface area contributed by atoms with Gasteiger partial charge in [-0.3, -0.25) is 4.79 Å². The van der Waals surface area contributed by atoms with E-state index in [2.05, 4.69) is 5.32 Å². The molecule has 1 rings (SSSR count). The molecule has 0 saturated heterocycles. The Morgan fingerprint density at radius 1 is 1.77 bits per heavy atom. The lowest BCUT2D eigenvalue weighted by Gasteiger charge is -1.94. The maximum absolute atomic E-state index is 11.0. The molecule has 0 aromatic carbocycles. The molecule has 0 saturated carbocycles. The number of carbonyl (C=O) groups excluding carboxylic acids is 1. The predicted molar refractivity (Wildman–Crippen MR) is 46.4 cm³/mol. The van der Waals surface area contributed by atoms with Crippen LogP contribution in [-0.4, -0.2) is 13.0 Å². The van der Waals surface area contributed by atoms with Gasteiger partial charge in [0.15, 0.2) is 0 Å². The van der Waals surface area contributed by atoms with Gasteiger partial charge in [-0.2, -0.15) is 5.26 Å². The first-order valence-corrected chi connectivity index (χ1v) is 3.65. The predicted octanol–water partition coefficient (Wildman–Crippen LogP) is 0.933. The zero-order chi connectivity index (χ0) is 9.68. The highest BCUT2D eigenvalue weighted by Gasteiger charge is 2.06. The summed E-state index contributed by atoms with van der Waals surface area (Å²) in [6.07, 6.45) is 2.86. The van der Waals surface area contributed by atoms with E-state index in [0.29, 0.717) is 5.76 Å². The molecule has 1 heterocycles. The first kappa shape index (κ1) is 9.07. The Labute approximate surface area is 75.5 Å². The summed E-state index contributed by atoms with van der Waals surface area (Å²) in [6, 6.07) is 5.13. The van der Waals surface area contributed by atoms with Crippen LogP contribution in [-0.2, 0) is 4.79 Å². The Morgan fingerprint density at radius 2 is 2.54 bits per heavy atom. The number of hydrogen-bond donors (Lipinski definition) is 1. The molecule has 0 spiro atoms. The monoisotopic (exact) mass is 176 g/mol. The minimum absolute atomic E-state index is 0.0254.